The molecule has 1 aliphatic rings. The lowest BCUT2D eigenvalue weighted by atomic mass is 9.97. The van der Waals surface area contributed by atoms with Gasteiger partial charge in [0.05, 0.1) is 0 Å². The Morgan fingerprint density at radius 2 is 2.05 bits per heavy atom. The van der Waals surface area contributed by atoms with Crippen LogP contribution in [0.25, 0.3) is 0 Å². The first-order valence-corrected chi connectivity index (χ1v) is 7.66. The molecule has 1 aromatic carbocycles. The van der Waals surface area contributed by atoms with Crippen molar-refractivity contribution in [3.63, 3.8) is 0 Å². The second-order valence-electron chi connectivity index (χ2n) is 6.36. The highest BCUT2D eigenvalue weighted by molar-refractivity contribution is 5.76. The highest BCUT2D eigenvalue weighted by Gasteiger charge is 2.21. The lowest BCUT2D eigenvalue weighted by Crippen LogP contribution is -2.29. The minimum atomic E-state index is 0.161. The van der Waals surface area contributed by atoms with E-state index in [0.29, 0.717) is 12.3 Å². The number of hydrogen-bond donors (Lipinski definition) is 2. The van der Waals surface area contributed by atoms with E-state index in [4.69, 9.17) is 5.73 Å². The van der Waals surface area contributed by atoms with E-state index in [1.807, 2.05) is 24.3 Å². The van der Waals surface area contributed by atoms with Gasteiger partial charge in [-0.05, 0) is 48.3 Å². The first-order valence-electron chi connectivity index (χ1n) is 7.66. The van der Waals surface area contributed by atoms with Crippen molar-refractivity contribution in [3.8, 4) is 0 Å². The van der Waals surface area contributed by atoms with Crippen LogP contribution in [0.1, 0.15) is 51.0 Å². The largest absolute Gasteiger partial charge is 0.399 e. The molecule has 1 amide bonds. The van der Waals surface area contributed by atoms with Crippen LogP contribution in [0, 0.1) is 11.8 Å². The van der Waals surface area contributed by atoms with E-state index in [9.17, 15) is 4.79 Å². The number of nitrogen functional groups attached to an aromatic ring is 1. The summed E-state index contributed by atoms with van der Waals surface area (Å²) in [6, 6.07) is 7.80. The number of nitrogens with two attached hydrogens (primary N) is 1. The molecular weight excluding hydrogens is 248 g/mol. The predicted octanol–water partition coefficient (Wildman–Crippen LogP) is 3.31. The maximum absolute atomic E-state index is 12.0. The molecule has 110 valence electrons. The number of rotatable bonds is 5. The van der Waals surface area contributed by atoms with Gasteiger partial charge in [-0.1, -0.05) is 32.4 Å². The third kappa shape index (κ3) is 4.26. The third-order valence-corrected chi connectivity index (χ3v) is 4.39. The second kappa shape index (κ2) is 6.78. The maximum Gasteiger partial charge on any atom is 0.220 e. The first-order chi connectivity index (χ1) is 9.54. The van der Waals surface area contributed by atoms with E-state index in [2.05, 4.69) is 19.2 Å². The van der Waals surface area contributed by atoms with Crippen LogP contribution < -0.4 is 11.1 Å². The van der Waals surface area contributed by atoms with Gasteiger partial charge in [0.1, 0.15) is 0 Å². The van der Waals surface area contributed by atoms with Crippen LogP contribution in [-0.4, -0.2) is 12.5 Å². The second-order valence-corrected chi connectivity index (χ2v) is 6.36. The van der Waals surface area contributed by atoms with Gasteiger partial charge in [-0.15, -0.1) is 0 Å². The Balaban J connectivity index is 1.75. The van der Waals surface area contributed by atoms with Crippen molar-refractivity contribution in [3.05, 3.63) is 29.8 Å². The Kier molecular flexibility index (Phi) is 5.05. The van der Waals surface area contributed by atoms with E-state index in [1.165, 1.54) is 24.8 Å². The van der Waals surface area contributed by atoms with E-state index in [1.54, 1.807) is 0 Å². The summed E-state index contributed by atoms with van der Waals surface area (Å²) in [7, 11) is 0. The minimum Gasteiger partial charge on any atom is -0.399 e. The monoisotopic (exact) mass is 274 g/mol. The van der Waals surface area contributed by atoms with Gasteiger partial charge in [0.25, 0.3) is 0 Å². The van der Waals surface area contributed by atoms with Gasteiger partial charge >= 0.3 is 0 Å². The molecule has 0 bridgehead atoms. The van der Waals surface area contributed by atoms with Crippen LogP contribution in [0.3, 0.4) is 0 Å². The average Bonchev–Trinajstić information content (AvgIpc) is 2.83. The van der Waals surface area contributed by atoms with Crippen LogP contribution in [0.5, 0.6) is 0 Å². The predicted molar refractivity (Wildman–Crippen MR) is 83.4 cm³/mol. The molecule has 3 nitrogen and oxygen atoms in total. The van der Waals surface area contributed by atoms with Crippen molar-refractivity contribution in [2.45, 2.75) is 45.4 Å². The van der Waals surface area contributed by atoms with Gasteiger partial charge in [-0.2, -0.15) is 0 Å². The highest BCUT2D eigenvalue weighted by atomic mass is 16.1. The van der Waals surface area contributed by atoms with Gasteiger partial charge in [0, 0.05) is 18.7 Å². The normalized spacial score (nSPS) is 23.5. The molecule has 0 heterocycles. The van der Waals surface area contributed by atoms with E-state index < -0.39 is 0 Å². The summed E-state index contributed by atoms with van der Waals surface area (Å²) in [5, 5.41) is 3.09. The summed E-state index contributed by atoms with van der Waals surface area (Å²) < 4.78 is 0. The molecule has 3 atom stereocenters. The summed E-state index contributed by atoms with van der Waals surface area (Å²) in [6.45, 7) is 5.23. The van der Waals surface area contributed by atoms with Crippen LogP contribution in [0.15, 0.2) is 24.3 Å². The molecule has 20 heavy (non-hydrogen) atoms. The standard InChI is InChI=1S/C17H26N2O/c1-12-3-4-14(9-12)11-19-17(20)10-13(2)15-5-7-16(18)8-6-15/h5-8,12-14H,3-4,9-11,18H2,1-2H3,(H,19,20). The van der Waals surface area contributed by atoms with Crippen LogP contribution in [0.2, 0.25) is 0 Å². The van der Waals surface area contributed by atoms with Gasteiger partial charge in [-0.3, -0.25) is 4.79 Å². The molecule has 1 saturated carbocycles. The summed E-state index contributed by atoms with van der Waals surface area (Å²) in [5.74, 6) is 1.90. The SMILES string of the molecule is CC1CCC(CNC(=O)CC(C)c2ccc(N)cc2)C1. The average molecular weight is 274 g/mol. The molecule has 3 N–H and O–H groups in total. The number of anilines is 1. The fourth-order valence-electron chi connectivity index (χ4n) is 3.06. The molecule has 3 unspecified atom stereocenters. The Bertz CT molecular complexity index is 441. The minimum absolute atomic E-state index is 0.161. The summed E-state index contributed by atoms with van der Waals surface area (Å²) in [5.41, 5.74) is 7.61. The molecule has 0 aromatic heterocycles. The molecule has 0 saturated heterocycles. The zero-order valence-electron chi connectivity index (χ0n) is 12.6. The number of benzene rings is 1. The van der Waals surface area contributed by atoms with Gasteiger partial charge < -0.3 is 11.1 Å². The Morgan fingerprint density at radius 1 is 1.35 bits per heavy atom. The Labute approximate surface area is 121 Å². The number of hydrogen-bond acceptors (Lipinski definition) is 2. The Hall–Kier alpha value is -1.51. The molecule has 0 aliphatic heterocycles. The van der Waals surface area contributed by atoms with Crippen molar-refractivity contribution in [2.75, 3.05) is 12.3 Å². The van der Waals surface area contributed by atoms with Crippen molar-refractivity contribution in [1.82, 2.24) is 5.32 Å². The molecule has 3 heteroatoms. The molecule has 1 fully saturated rings. The smallest absolute Gasteiger partial charge is 0.220 e. The van der Waals surface area contributed by atoms with Crippen molar-refractivity contribution in [1.29, 1.82) is 0 Å². The topological polar surface area (TPSA) is 55.1 Å². The van der Waals surface area contributed by atoms with Gasteiger partial charge in [0.2, 0.25) is 5.91 Å². The molecule has 1 aromatic rings. The fourth-order valence-corrected chi connectivity index (χ4v) is 3.06. The van der Waals surface area contributed by atoms with E-state index in [-0.39, 0.29) is 11.8 Å². The van der Waals surface area contributed by atoms with Crippen molar-refractivity contribution in [2.24, 2.45) is 11.8 Å². The van der Waals surface area contributed by atoms with Crippen molar-refractivity contribution >= 4 is 11.6 Å². The number of amides is 1. The van der Waals surface area contributed by atoms with E-state index in [0.717, 1.165) is 18.2 Å². The zero-order chi connectivity index (χ0) is 14.5. The first kappa shape index (κ1) is 14.9. The van der Waals surface area contributed by atoms with Crippen molar-refractivity contribution < 1.29 is 4.79 Å². The number of carbonyl (C=O) groups excluding carboxylic acids is 1. The van der Waals surface area contributed by atoms with Crippen LogP contribution in [0.4, 0.5) is 5.69 Å². The number of nitrogens with one attached hydrogen (secondary N) is 1. The quantitative estimate of drug-likeness (QED) is 0.809. The molecule has 0 spiro atoms. The summed E-state index contributed by atoms with van der Waals surface area (Å²) in [6.07, 6.45) is 4.37. The Morgan fingerprint density at radius 3 is 2.65 bits per heavy atom. The molecule has 1 aliphatic carbocycles. The highest BCUT2D eigenvalue weighted by Crippen LogP contribution is 2.29. The zero-order valence-corrected chi connectivity index (χ0v) is 12.6. The third-order valence-electron chi connectivity index (χ3n) is 4.39. The summed E-state index contributed by atoms with van der Waals surface area (Å²) in [4.78, 5) is 12.0. The van der Waals surface area contributed by atoms with E-state index >= 15 is 0 Å². The molecule has 2 rings (SSSR count). The molecular formula is C17H26N2O. The summed E-state index contributed by atoms with van der Waals surface area (Å²) >= 11 is 0. The fraction of sp³-hybridized carbons (Fsp3) is 0.588. The van der Waals surface area contributed by atoms with Gasteiger partial charge in [0.15, 0.2) is 0 Å². The maximum atomic E-state index is 12.0. The number of carbonyl (C=O) groups is 1. The van der Waals surface area contributed by atoms with Crippen LogP contribution in [-0.2, 0) is 4.79 Å². The van der Waals surface area contributed by atoms with Crippen LogP contribution >= 0.6 is 0 Å². The lowest BCUT2D eigenvalue weighted by molar-refractivity contribution is -0.121. The lowest BCUT2D eigenvalue weighted by Gasteiger charge is -2.14. The molecule has 0 radical (unpaired) electrons. The van der Waals surface area contributed by atoms with Gasteiger partial charge in [-0.25, -0.2) is 0 Å².